The van der Waals surface area contributed by atoms with E-state index in [2.05, 4.69) is 207 Å². The van der Waals surface area contributed by atoms with Crippen molar-refractivity contribution in [2.24, 2.45) is 0 Å². The maximum atomic E-state index is 3.92. The molecule has 1 aromatic heterocycles. The molecule has 0 N–H and O–H groups in total. The Hall–Kier alpha value is -6.38. The number of aromatic nitrogens is 1. The fourth-order valence-electron chi connectivity index (χ4n) is 8.52. The molecule has 0 spiro atoms. The predicted octanol–water partition coefficient (Wildman–Crippen LogP) is 13.9. The second kappa shape index (κ2) is 12.4. The van der Waals surface area contributed by atoms with E-state index in [1.807, 2.05) is 6.08 Å². The third-order valence-corrected chi connectivity index (χ3v) is 10.9. The van der Waals surface area contributed by atoms with Crippen LogP contribution in [0.25, 0.3) is 55.0 Å². The Bertz CT molecular complexity index is 2710. The van der Waals surface area contributed by atoms with Crippen molar-refractivity contribution in [1.29, 1.82) is 0 Å². The molecule has 0 atom stereocenters. The summed E-state index contributed by atoms with van der Waals surface area (Å²) in [5.74, 6) is 0. The van der Waals surface area contributed by atoms with Gasteiger partial charge in [0.25, 0.3) is 0 Å². The first-order chi connectivity index (χ1) is 25.4. The van der Waals surface area contributed by atoms with Crippen molar-refractivity contribution in [3.05, 3.63) is 199 Å². The average Bonchev–Trinajstić information content (AvgIpc) is 3.61. The number of allylic oxidation sites excluding steroid dienone is 5. The highest BCUT2D eigenvalue weighted by Crippen LogP contribution is 2.50. The average molecular weight is 669 g/mol. The topological polar surface area (TPSA) is 8.17 Å². The number of rotatable bonds is 7. The van der Waals surface area contributed by atoms with Crippen molar-refractivity contribution < 1.29 is 0 Å². The monoisotopic (exact) mass is 668 g/mol. The lowest BCUT2D eigenvalue weighted by atomic mass is 9.79. The minimum atomic E-state index is -0.122. The predicted molar refractivity (Wildman–Crippen MR) is 223 cm³/mol. The lowest BCUT2D eigenvalue weighted by Gasteiger charge is -2.28. The van der Waals surface area contributed by atoms with Crippen LogP contribution in [0.3, 0.4) is 0 Å². The van der Waals surface area contributed by atoms with E-state index in [0.717, 1.165) is 22.7 Å². The molecular formula is C50H40N2. The van der Waals surface area contributed by atoms with Crippen LogP contribution in [-0.2, 0) is 5.41 Å². The molecule has 9 rings (SSSR count). The summed E-state index contributed by atoms with van der Waals surface area (Å²) >= 11 is 0. The van der Waals surface area contributed by atoms with Crippen LogP contribution in [0.1, 0.15) is 31.9 Å². The highest BCUT2D eigenvalue weighted by atomic mass is 15.1. The number of para-hydroxylation sites is 2. The first kappa shape index (κ1) is 31.6. The first-order valence-electron chi connectivity index (χ1n) is 18.1. The van der Waals surface area contributed by atoms with E-state index < -0.39 is 0 Å². The molecule has 1 aliphatic rings. The van der Waals surface area contributed by atoms with E-state index in [1.165, 1.54) is 66.0 Å². The molecular weight excluding hydrogens is 629 g/mol. The number of anilines is 3. The van der Waals surface area contributed by atoms with Crippen LogP contribution in [0.2, 0.25) is 0 Å². The Morgan fingerprint density at radius 1 is 0.577 bits per heavy atom. The van der Waals surface area contributed by atoms with Crippen molar-refractivity contribution in [3.8, 4) is 16.8 Å². The van der Waals surface area contributed by atoms with Crippen LogP contribution < -0.4 is 4.90 Å². The van der Waals surface area contributed by atoms with Crippen molar-refractivity contribution in [2.75, 3.05) is 4.90 Å². The highest BCUT2D eigenvalue weighted by molar-refractivity contribution is 6.10. The van der Waals surface area contributed by atoms with E-state index in [1.54, 1.807) is 0 Å². The van der Waals surface area contributed by atoms with Gasteiger partial charge in [0.05, 0.1) is 11.0 Å². The highest BCUT2D eigenvalue weighted by Gasteiger charge is 2.36. The summed E-state index contributed by atoms with van der Waals surface area (Å²) < 4.78 is 2.39. The third kappa shape index (κ3) is 5.02. The number of hydrogen-bond acceptors (Lipinski definition) is 1. The maximum Gasteiger partial charge on any atom is 0.0561 e. The molecule has 0 amide bonds. The van der Waals surface area contributed by atoms with Gasteiger partial charge in [-0.1, -0.05) is 142 Å². The molecule has 2 nitrogen and oxygen atoms in total. The third-order valence-electron chi connectivity index (χ3n) is 10.9. The van der Waals surface area contributed by atoms with Crippen molar-refractivity contribution >= 4 is 55.2 Å². The fourth-order valence-corrected chi connectivity index (χ4v) is 8.52. The summed E-state index contributed by atoms with van der Waals surface area (Å²) in [5.41, 5.74) is 14.6. The van der Waals surface area contributed by atoms with Crippen molar-refractivity contribution in [2.45, 2.75) is 26.2 Å². The number of hydrogen-bond donors (Lipinski definition) is 0. The molecule has 8 aromatic rings. The minimum absolute atomic E-state index is 0.122. The van der Waals surface area contributed by atoms with Crippen LogP contribution in [0.15, 0.2) is 188 Å². The van der Waals surface area contributed by atoms with Crippen LogP contribution >= 0.6 is 0 Å². The fraction of sp³-hybridized carbons (Fsp3) is 0.0800. The zero-order valence-electron chi connectivity index (χ0n) is 29.8. The van der Waals surface area contributed by atoms with Crippen molar-refractivity contribution in [1.82, 2.24) is 4.57 Å². The quantitative estimate of drug-likeness (QED) is 0.153. The number of fused-ring (bicyclic) bond motifs is 6. The minimum Gasteiger partial charge on any atom is -0.310 e. The molecule has 250 valence electrons. The van der Waals surface area contributed by atoms with Crippen LogP contribution in [0.4, 0.5) is 17.1 Å². The zero-order chi connectivity index (χ0) is 35.4. The van der Waals surface area contributed by atoms with E-state index >= 15 is 0 Å². The largest absolute Gasteiger partial charge is 0.310 e. The summed E-state index contributed by atoms with van der Waals surface area (Å²) in [7, 11) is 0. The van der Waals surface area contributed by atoms with Gasteiger partial charge in [0, 0.05) is 38.9 Å². The van der Waals surface area contributed by atoms with Crippen LogP contribution in [0.5, 0.6) is 0 Å². The zero-order valence-corrected chi connectivity index (χ0v) is 29.8. The molecule has 52 heavy (non-hydrogen) atoms. The number of nitrogens with zero attached hydrogens (tertiary/aromatic N) is 2. The number of benzene rings is 7. The summed E-state index contributed by atoms with van der Waals surface area (Å²) in [5, 5.41) is 5.02. The Labute approximate surface area is 305 Å². The Balaban J connectivity index is 1.24. The van der Waals surface area contributed by atoms with Crippen molar-refractivity contribution in [3.63, 3.8) is 0 Å². The van der Waals surface area contributed by atoms with Crippen LogP contribution in [-0.4, -0.2) is 4.57 Å². The lowest BCUT2D eigenvalue weighted by Crippen LogP contribution is -2.17. The SMILES string of the molecule is C=C/C=C\C1=C(C)c2ccc3cc(N(c4ccc(-c5ccccc5)cc4)c4ccc5c6ccccc6n(-c6ccccc6)c5c4)ccc3c2C1(C)C. The molecule has 2 heteroatoms. The molecule has 1 heterocycles. The van der Waals surface area contributed by atoms with Gasteiger partial charge >= 0.3 is 0 Å². The smallest absolute Gasteiger partial charge is 0.0561 e. The van der Waals surface area contributed by atoms with E-state index in [9.17, 15) is 0 Å². The molecule has 0 fully saturated rings. The molecule has 7 aromatic carbocycles. The molecule has 0 saturated carbocycles. The summed E-state index contributed by atoms with van der Waals surface area (Å²) in [6.07, 6.45) is 6.15. The van der Waals surface area contributed by atoms with Crippen LogP contribution in [0, 0.1) is 0 Å². The van der Waals surface area contributed by atoms with Gasteiger partial charge in [-0.05, 0) is 106 Å². The molecule has 0 unspecified atom stereocenters. The first-order valence-corrected chi connectivity index (χ1v) is 18.1. The van der Waals surface area contributed by atoms with Gasteiger partial charge in [-0.2, -0.15) is 0 Å². The maximum absolute atomic E-state index is 3.92. The van der Waals surface area contributed by atoms with Gasteiger partial charge in [-0.25, -0.2) is 0 Å². The van der Waals surface area contributed by atoms with E-state index in [0.29, 0.717) is 0 Å². The molecule has 1 aliphatic carbocycles. The van der Waals surface area contributed by atoms with Gasteiger partial charge in [0.15, 0.2) is 0 Å². The normalized spacial score (nSPS) is 13.8. The summed E-state index contributed by atoms with van der Waals surface area (Å²) in [6, 6.07) is 57.5. The van der Waals surface area contributed by atoms with Gasteiger partial charge in [0.2, 0.25) is 0 Å². The van der Waals surface area contributed by atoms with Gasteiger partial charge in [0.1, 0.15) is 0 Å². The van der Waals surface area contributed by atoms with Gasteiger partial charge < -0.3 is 9.47 Å². The van der Waals surface area contributed by atoms with E-state index in [-0.39, 0.29) is 5.41 Å². The Kier molecular flexibility index (Phi) is 7.56. The van der Waals surface area contributed by atoms with E-state index in [4.69, 9.17) is 0 Å². The Morgan fingerprint density at radius 3 is 1.94 bits per heavy atom. The molecule has 0 aliphatic heterocycles. The lowest BCUT2D eigenvalue weighted by molar-refractivity contribution is 0.660. The van der Waals surface area contributed by atoms with Gasteiger partial charge in [-0.3, -0.25) is 0 Å². The second-order valence-electron chi connectivity index (χ2n) is 14.3. The van der Waals surface area contributed by atoms with Gasteiger partial charge in [-0.15, -0.1) is 0 Å². The summed E-state index contributed by atoms with van der Waals surface area (Å²) in [6.45, 7) is 10.9. The Morgan fingerprint density at radius 2 is 1.19 bits per heavy atom. The molecule has 0 radical (unpaired) electrons. The standard InChI is InChI=1S/C50H40N2/c1-5-6-20-46-34(2)42-29-24-37-32-40(27-30-43(37)49(42)50(46,3)4)51(39-25-22-36(23-26-39)35-15-9-7-10-16-35)41-28-31-45-44-19-13-14-21-47(44)52(48(45)33-41)38-17-11-8-12-18-38/h5-33H,1H2,2-4H3/b20-6-. The molecule has 0 bridgehead atoms. The summed E-state index contributed by atoms with van der Waals surface area (Å²) in [4.78, 5) is 2.40. The second-order valence-corrected chi connectivity index (χ2v) is 14.3. The molecule has 0 saturated heterocycles.